The van der Waals surface area contributed by atoms with Crippen LogP contribution in [0.15, 0.2) is 42.5 Å². The van der Waals surface area contributed by atoms with Crippen molar-refractivity contribution in [3.05, 3.63) is 75.6 Å². The molecule has 33 heavy (non-hydrogen) atoms. The number of nitrogens with one attached hydrogen (secondary N) is 1. The van der Waals surface area contributed by atoms with Gasteiger partial charge < -0.3 is 15.1 Å². The molecule has 3 aromatic rings. The highest BCUT2D eigenvalue weighted by atomic mass is 35.5. The van der Waals surface area contributed by atoms with Crippen LogP contribution in [0.3, 0.4) is 0 Å². The molecule has 1 saturated heterocycles. The minimum absolute atomic E-state index is 0.236. The number of nitrogens with zero attached hydrogens (tertiary/aromatic N) is 4. The van der Waals surface area contributed by atoms with E-state index in [1.807, 2.05) is 19.9 Å². The molecular weight excluding hydrogens is 434 g/mol. The third-order valence-corrected chi connectivity index (χ3v) is 6.77. The maximum absolute atomic E-state index is 13.1. The largest absolute Gasteiger partial charge is 0.369 e. The van der Waals surface area contributed by atoms with Crippen LogP contribution in [0.4, 0.5) is 11.4 Å². The second-order valence-electron chi connectivity index (χ2n) is 8.77. The molecule has 0 atom stereocenters. The van der Waals surface area contributed by atoms with Gasteiger partial charge >= 0.3 is 0 Å². The fraction of sp³-hybridized carbons (Fsp3) is 0.385. The number of halogens is 1. The maximum Gasteiger partial charge on any atom is 0.260 e. The first-order valence-corrected chi connectivity index (χ1v) is 11.9. The topological polar surface area (TPSA) is 53.4 Å². The molecule has 7 heteroatoms. The molecule has 2 aromatic carbocycles. The Morgan fingerprint density at radius 3 is 2.36 bits per heavy atom. The zero-order chi connectivity index (χ0) is 23.5. The van der Waals surface area contributed by atoms with E-state index in [1.54, 1.807) is 4.68 Å². The Hall–Kier alpha value is -2.83. The van der Waals surface area contributed by atoms with Crippen LogP contribution in [-0.2, 0) is 6.54 Å². The summed E-state index contributed by atoms with van der Waals surface area (Å²) in [5.41, 5.74) is 6.34. The highest BCUT2D eigenvalue weighted by Crippen LogP contribution is 2.26. The number of aromatic nitrogens is 2. The summed E-state index contributed by atoms with van der Waals surface area (Å²) >= 11 is 6.59. The van der Waals surface area contributed by atoms with Crippen molar-refractivity contribution in [2.75, 3.05) is 42.9 Å². The Morgan fingerprint density at radius 1 is 1.03 bits per heavy atom. The Bertz CT molecular complexity index is 1130. The van der Waals surface area contributed by atoms with Gasteiger partial charge in [-0.3, -0.25) is 4.79 Å². The van der Waals surface area contributed by atoms with Crippen LogP contribution in [0.1, 0.15) is 39.7 Å². The predicted molar refractivity (Wildman–Crippen MR) is 136 cm³/mol. The van der Waals surface area contributed by atoms with E-state index < -0.39 is 0 Å². The van der Waals surface area contributed by atoms with E-state index in [1.165, 1.54) is 11.3 Å². The van der Waals surface area contributed by atoms with E-state index in [9.17, 15) is 4.79 Å². The van der Waals surface area contributed by atoms with Crippen LogP contribution in [-0.4, -0.2) is 53.3 Å². The van der Waals surface area contributed by atoms with Crippen LogP contribution < -0.4 is 10.2 Å². The predicted octanol–water partition coefficient (Wildman–Crippen LogP) is 4.90. The highest BCUT2D eigenvalue weighted by Gasteiger charge is 2.22. The number of piperazine rings is 1. The number of carbonyl (C=O) groups excluding carboxylic acids is 1. The van der Waals surface area contributed by atoms with Gasteiger partial charge in [-0.1, -0.05) is 48.4 Å². The molecule has 4 rings (SSSR count). The van der Waals surface area contributed by atoms with E-state index >= 15 is 0 Å². The lowest BCUT2D eigenvalue weighted by Crippen LogP contribution is -2.46. The second-order valence-corrected chi connectivity index (χ2v) is 9.13. The third-order valence-electron chi connectivity index (χ3n) is 6.39. The maximum atomic E-state index is 13.1. The molecule has 1 aromatic heterocycles. The van der Waals surface area contributed by atoms with Gasteiger partial charge in [0.1, 0.15) is 5.15 Å². The fourth-order valence-corrected chi connectivity index (χ4v) is 4.59. The van der Waals surface area contributed by atoms with E-state index in [4.69, 9.17) is 11.6 Å². The van der Waals surface area contributed by atoms with Crippen LogP contribution in [0.2, 0.25) is 5.15 Å². The quantitative estimate of drug-likeness (QED) is 0.562. The highest BCUT2D eigenvalue weighted by molar-refractivity contribution is 6.33. The van der Waals surface area contributed by atoms with Crippen molar-refractivity contribution in [1.29, 1.82) is 0 Å². The van der Waals surface area contributed by atoms with Gasteiger partial charge in [-0.05, 0) is 56.6 Å². The molecule has 2 heterocycles. The summed E-state index contributed by atoms with van der Waals surface area (Å²) in [7, 11) is 0. The summed E-state index contributed by atoms with van der Waals surface area (Å²) in [6, 6.07) is 14.4. The first-order valence-electron chi connectivity index (χ1n) is 11.5. The van der Waals surface area contributed by atoms with Gasteiger partial charge in [0.05, 0.1) is 17.8 Å². The van der Waals surface area contributed by atoms with Crippen molar-refractivity contribution >= 4 is 28.9 Å². The number of carbonyl (C=O) groups is 1. The summed E-state index contributed by atoms with van der Waals surface area (Å²) in [5, 5.41) is 7.91. The smallest absolute Gasteiger partial charge is 0.260 e. The summed E-state index contributed by atoms with van der Waals surface area (Å²) in [5.74, 6) is -0.236. The average molecular weight is 466 g/mol. The minimum Gasteiger partial charge on any atom is -0.369 e. The molecule has 6 nitrogen and oxygen atoms in total. The fourth-order valence-electron chi connectivity index (χ4n) is 4.27. The Kier molecular flexibility index (Phi) is 7.05. The van der Waals surface area contributed by atoms with Gasteiger partial charge in [0.15, 0.2) is 0 Å². The lowest BCUT2D eigenvalue weighted by atomic mass is 10.1. The molecule has 1 amide bonds. The van der Waals surface area contributed by atoms with Crippen molar-refractivity contribution in [1.82, 2.24) is 14.7 Å². The standard InChI is InChI=1S/C26H32ClN5O/c1-5-30-12-14-31(15-13-30)22-10-11-23(19(3)16-22)28-26(33)24-20(4)29-32(25(24)27)17-21-8-6-18(2)7-9-21/h6-11,16H,5,12-15,17H2,1-4H3,(H,28,33). The van der Waals surface area contributed by atoms with Gasteiger partial charge in [0.2, 0.25) is 0 Å². The lowest BCUT2D eigenvalue weighted by molar-refractivity contribution is 0.102. The third kappa shape index (κ3) is 5.23. The molecule has 0 aliphatic carbocycles. The zero-order valence-electron chi connectivity index (χ0n) is 19.9. The van der Waals surface area contributed by atoms with Crippen molar-refractivity contribution in [3.8, 4) is 0 Å². The molecule has 1 aliphatic heterocycles. The molecule has 0 saturated carbocycles. The molecule has 0 bridgehead atoms. The molecule has 0 spiro atoms. The molecule has 1 aliphatic rings. The SMILES string of the molecule is CCN1CCN(c2ccc(NC(=O)c3c(C)nn(Cc4ccc(C)cc4)c3Cl)c(C)c2)CC1. The van der Waals surface area contributed by atoms with Gasteiger partial charge in [-0.2, -0.15) is 5.10 Å². The summed E-state index contributed by atoms with van der Waals surface area (Å²) < 4.78 is 1.68. The number of aryl methyl sites for hydroxylation is 3. The molecule has 0 radical (unpaired) electrons. The number of hydrogen-bond donors (Lipinski definition) is 1. The van der Waals surface area contributed by atoms with E-state index in [0.717, 1.165) is 49.5 Å². The molecule has 1 fully saturated rings. The number of rotatable bonds is 6. The average Bonchev–Trinajstić information content (AvgIpc) is 3.09. The number of benzene rings is 2. The van der Waals surface area contributed by atoms with Crippen LogP contribution in [0.25, 0.3) is 0 Å². The molecular formula is C26H32ClN5O. The number of amides is 1. The van der Waals surface area contributed by atoms with Crippen molar-refractivity contribution < 1.29 is 4.79 Å². The summed E-state index contributed by atoms with van der Waals surface area (Å²) in [6.07, 6.45) is 0. The van der Waals surface area contributed by atoms with E-state index in [0.29, 0.717) is 23.0 Å². The van der Waals surface area contributed by atoms with Crippen LogP contribution >= 0.6 is 11.6 Å². The zero-order valence-corrected chi connectivity index (χ0v) is 20.6. The Balaban J connectivity index is 1.47. The Labute approximate surface area is 201 Å². The first-order chi connectivity index (χ1) is 15.9. The summed E-state index contributed by atoms with van der Waals surface area (Å²) in [6.45, 7) is 13.9. The normalized spacial score (nSPS) is 14.5. The van der Waals surface area contributed by atoms with Crippen LogP contribution in [0.5, 0.6) is 0 Å². The van der Waals surface area contributed by atoms with Crippen LogP contribution in [0, 0.1) is 20.8 Å². The number of likely N-dealkylation sites (N-methyl/N-ethyl adjacent to an activating group) is 1. The molecule has 1 N–H and O–H groups in total. The lowest BCUT2D eigenvalue weighted by Gasteiger charge is -2.35. The van der Waals surface area contributed by atoms with Gasteiger partial charge in [-0.25, -0.2) is 4.68 Å². The van der Waals surface area contributed by atoms with E-state index in [-0.39, 0.29) is 5.91 Å². The monoisotopic (exact) mass is 465 g/mol. The van der Waals surface area contributed by atoms with Gasteiger partial charge in [-0.15, -0.1) is 0 Å². The van der Waals surface area contributed by atoms with Crippen molar-refractivity contribution in [2.24, 2.45) is 0 Å². The van der Waals surface area contributed by atoms with Crippen molar-refractivity contribution in [2.45, 2.75) is 34.2 Å². The number of hydrogen-bond acceptors (Lipinski definition) is 4. The molecule has 174 valence electrons. The Morgan fingerprint density at radius 2 is 1.73 bits per heavy atom. The molecule has 0 unspecified atom stereocenters. The second kappa shape index (κ2) is 9.98. The van der Waals surface area contributed by atoms with Gasteiger partial charge in [0.25, 0.3) is 5.91 Å². The minimum atomic E-state index is -0.236. The first kappa shape index (κ1) is 23.3. The van der Waals surface area contributed by atoms with Crippen molar-refractivity contribution in [3.63, 3.8) is 0 Å². The van der Waals surface area contributed by atoms with E-state index in [2.05, 4.69) is 70.5 Å². The van der Waals surface area contributed by atoms with Gasteiger partial charge in [0, 0.05) is 37.6 Å². The summed E-state index contributed by atoms with van der Waals surface area (Å²) in [4.78, 5) is 18.0. The number of anilines is 2.